The number of benzene rings is 2. The van der Waals surface area contributed by atoms with Crippen molar-refractivity contribution in [2.75, 3.05) is 0 Å². The summed E-state index contributed by atoms with van der Waals surface area (Å²) < 4.78 is 46.6. The molecule has 2 unspecified atom stereocenters. The smallest absolute Gasteiger partial charge is 0.416 e. The van der Waals surface area contributed by atoms with E-state index < -0.39 is 11.7 Å². The summed E-state index contributed by atoms with van der Waals surface area (Å²) >= 11 is 0. The highest BCUT2D eigenvalue weighted by molar-refractivity contribution is 5.77. The zero-order valence-corrected chi connectivity index (χ0v) is 17.9. The number of halogens is 3. The molecular formula is C26H19F3N3O+. The first-order valence-electron chi connectivity index (χ1n) is 10.5. The lowest BCUT2D eigenvalue weighted by atomic mass is 9.83. The zero-order chi connectivity index (χ0) is 23.2. The molecule has 4 nitrogen and oxygen atoms in total. The number of hydrogen-bond donors (Lipinski definition) is 0. The van der Waals surface area contributed by atoms with Crippen LogP contribution in [0.1, 0.15) is 25.0 Å². The van der Waals surface area contributed by atoms with E-state index in [-0.39, 0.29) is 16.8 Å². The van der Waals surface area contributed by atoms with Crippen LogP contribution < -0.4 is 4.57 Å². The number of allylic oxidation sites excluding steroid dienone is 1. The highest BCUT2D eigenvalue weighted by Gasteiger charge is 2.77. The average molecular weight is 446 g/mol. The molecule has 0 amide bonds. The van der Waals surface area contributed by atoms with Gasteiger partial charge in [0.05, 0.1) is 16.5 Å². The molecule has 6 rings (SSSR count). The van der Waals surface area contributed by atoms with Crippen molar-refractivity contribution in [2.24, 2.45) is 0 Å². The first-order valence-corrected chi connectivity index (χ1v) is 10.5. The summed E-state index contributed by atoms with van der Waals surface area (Å²) in [6.45, 7) is 8.79. The van der Waals surface area contributed by atoms with E-state index in [1.165, 1.54) is 23.3 Å². The summed E-state index contributed by atoms with van der Waals surface area (Å²) in [6.07, 6.45) is -2.31. The number of aromatic nitrogens is 3. The molecule has 3 heterocycles. The first-order chi connectivity index (χ1) is 15.7. The molecule has 2 aromatic heterocycles. The van der Waals surface area contributed by atoms with Crippen molar-refractivity contribution in [1.82, 2.24) is 10.2 Å². The van der Waals surface area contributed by atoms with Crippen LogP contribution in [0, 0.1) is 0 Å². The second-order valence-corrected chi connectivity index (χ2v) is 8.88. The average Bonchev–Trinajstić information content (AvgIpc) is 3.14. The van der Waals surface area contributed by atoms with Crippen LogP contribution >= 0.6 is 0 Å². The molecule has 1 fully saturated rings. The standard InChI is InChI=1S/C26H19F3N3O/c1-15-24(2)20-12-9-17(14-19(20)21-6-4-5-13-32(21)25(15,24)3)23-31-30-22(33-23)16-7-10-18(11-8-16)26(27,28)29/h4-14H,1H2,2-3H3/q+1. The van der Waals surface area contributed by atoms with Gasteiger partial charge in [0.2, 0.25) is 23.0 Å². The molecule has 4 aromatic rings. The van der Waals surface area contributed by atoms with E-state index in [2.05, 4.69) is 53.5 Å². The molecule has 2 aromatic carbocycles. The van der Waals surface area contributed by atoms with E-state index in [0.717, 1.165) is 29.0 Å². The quantitative estimate of drug-likeness (QED) is 0.283. The van der Waals surface area contributed by atoms with Gasteiger partial charge in [0, 0.05) is 35.8 Å². The van der Waals surface area contributed by atoms with E-state index in [4.69, 9.17) is 4.42 Å². The third kappa shape index (κ3) is 2.50. The van der Waals surface area contributed by atoms with Gasteiger partial charge in [0.1, 0.15) is 0 Å². The molecule has 0 spiro atoms. The fourth-order valence-corrected chi connectivity index (χ4v) is 5.21. The van der Waals surface area contributed by atoms with Crippen LogP contribution in [0.4, 0.5) is 13.2 Å². The van der Waals surface area contributed by atoms with Crippen LogP contribution in [0.5, 0.6) is 0 Å². The highest BCUT2D eigenvalue weighted by Crippen LogP contribution is 2.67. The Balaban J connectivity index is 1.41. The molecule has 1 saturated carbocycles. The third-order valence-corrected chi connectivity index (χ3v) is 7.41. The molecule has 0 bridgehead atoms. The molecule has 1 aliphatic carbocycles. The molecule has 7 heteroatoms. The number of fused-ring (bicyclic) bond motifs is 6. The largest absolute Gasteiger partial charge is 0.416 e. The Morgan fingerprint density at radius 3 is 2.27 bits per heavy atom. The lowest BCUT2D eigenvalue weighted by Crippen LogP contribution is -2.52. The van der Waals surface area contributed by atoms with Gasteiger partial charge in [0.25, 0.3) is 0 Å². The van der Waals surface area contributed by atoms with Crippen molar-refractivity contribution >= 4 is 0 Å². The molecule has 2 aliphatic rings. The highest BCUT2D eigenvalue weighted by atomic mass is 19.4. The van der Waals surface area contributed by atoms with Crippen LogP contribution in [0.25, 0.3) is 34.2 Å². The van der Waals surface area contributed by atoms with Gasteiger partial charge in [-0.3, -0.25) is 0 Å². The molecule has 0 radical (unpaired) electrons. The van der Waals surface area contributed by atoms with Crippen molar-refractivity contribution in [3.63, 3.8) is 0 Å². The maximum absolute atomic E-state index is 12.8. The van der Waals surface area contributed by atoms with Crippen LogP contribution in [0.15, 0.2) is 83.4 Å². The topological polar surface area (TPSA) is 42.8 Å². The molecule has 0 saturated heterocycles. The first kappa shape index (κ1) is 19.9. The Labute approximate surface area is 188 Å². The summed E-state index contributed by atoms with van der Waals surface area (Å²) in [5.74, 6) is 0.476. The summed E-state index contributed by atoms with van der Waals surface area (Å²) in [7, 11) is 0. The summed E-state index contributed by atoms with van der Waals surface area (Å²) in [4.78, 5) is 0. The minimum atomic E-state index is -4.39. The van der Waals surface area contributed by atoms with Gasteiger partial charge in [-0.05, 0) is 55.0 Å². The fourth-order valence-electron chi connectivity index (χ4n) is 5.21. The minimum Gasteiger partial charge on any atom is -0.416 e. The van der Waals surface area contributed by atoms with Crippen LogP contribution in [0.3, 0.4) is 0 Å². The molecule has 33 heavy (non-hydrogen) atoms. The maximum Gasteiger partial charge on any atom is 0.416 e. The third-order valence-electron chi connectivity index (χ3n) is 7.41. The van der Waals surface area contributed by atoms with E-state index in [0.29, 0.717) is 11.5 Å². The minimum absolute atomic E-state index is 0.167. The Bertz CT molecular complexity index is 1450. The van der Waals surface area contributed by atoms with Crippen molar-refractivity contribution in [3.05, 3.63) is 90.1 Å². The van der Waals surface area contributed by atoms with E-state index >= 15 is 0 Å². The summed E-state index contributed by atoms with van der Waals surface area (Å²) in [6, 6.07) is 16.8. The van der Waals surface area contributed by atoms with E-state index in [1.807, 2.05) is 24.3 Å². The van der Waals surface area contributed by atoms with Gasteiger partial charge in [0.15, 0.2) is 6.20 Å². The number of alkyl halides is 3. The van der Waals surface area contributed by atoms with Crippen LogP contribution in [-0.2, 0) is 17.1 Å². The second-order valence-electron chi connectivity index (χ2n) is 8.88. The molecule has 2 atom stereocenters. The normalized spacial score (nSPS) is 23.0. The number of hydrogen-bond acceptors (Lipinski definition) is 3. The predicted molar refractivity (Wildman–Crippen MR) is 116 cm³/mol. The van der Waals surface area contributed by atoms with Crippen LogP contribution in [0.2, 0.25) is 0 Å². The molecular weight excluding hydrogens is 427 g/mol. The zero-order valence-electron chi connectivity index (χ0n) is 17.9. The Kier molecular flexibility index (Phi) is 3.73. The number of rotatable bonds is 2. The van der Waals surface area contributed by atoms with Crippen molar-refractivity contribution in [3.8, 4) is 34.2 Å². The Morgan fingerprint density at radius 2 is 1.58 bits per heavy atom. The molecule has 1 aliphatic heterocycles. The lowest BCUT2D eigenvalue weighted by Gasteiger charge is -2.24. The van der Waals surface area contributed by atoms with E-state index in [9.17, 15) is 13.2 Å². The van der Waals surface area contributed by atoms with Gasteiger partial charge in [-0.25, -0.2) is 0 Å². The Morgan fingerprint density at radius 1 is 0.909 bits per heavy atom. The number of pyridine rings is 1. The van der Waals surface area contributed by atoms with Crippen molar-refractivity contribution in [2.45, 2.75) is 31.0 Å². The van der Waals surface area contributed by atoms with Gasteiger partial charge in [-0.2, -0.15) is 17.7 Å². The predicted octanol–water partition coefficient (Wildman–Crippen LogP) is 5.93. The fraction of sp³-hybridized carbons (Fsp3) is 0.192. The number of nitrogens with zero attached hydrogens (tertiary/aromatic N) is 3. The van der Waals surface area contributed by atoms with Gasteiger partial charge in [-0.1, -0.05) is 12.6 Å². The van der Waals surface area contributed by atoms with Crippen molar-refractivity contribution in [1.29, 1.82) is 0 Å². The molecule has 0 N–H and O–H groups in total. The SMILES string of the molecule is C=C1C2(C)c3ccc(-c4nnc(-c5ccc(C(F)(F)F)cc5)o4)cc3-c3cccc[n+]3C12C. The van der Waals surface area contributed by atoms with Gasteiger partial charge in [-0.15, -0.1) is 10.2 Å². The van der Waals surface area contributed by atoms with Crippen molar-refractivity contribution < 1.29 is 22.2 Å². The van der Waals surface area contributed by atoms with Crippen LogP contribution in [-0.4, -0.2) is 10.2 Å². The monoisotopic (exact) mass is 446 g/mol. The lowest BCUT2D eigenvalue weighted by molar-refractivity contribution is -0.727. The Hall–Kier alpha value is -3.74. The maximum atomic E-state index is 12.8. The van der Waals surface area contributed by atoms with E-state index in [1.54, 1.807) is 0 Å². The second kappa shape index (κ2) is 6.19. The van der Waals surface area contributed by atoms with Gasteiger partial charge >= 0.3 is 6.18 Å². The van der Waals surface area contributed by atoms with Gasteiger partial charge < -0.3 is 4.42 Å². The summed E-state index contributed by atoms with van der Waals surface area (Å²) in [5.41, 5.74) is 4.63. The summed E-state index contributed by atoms with van der Waals surface area (Å²) in [5, 5.41) is 8.20. The molecule has 164 valence electrons.